The van der Waals surface area contributed by atoms with Gasteiger partial charge in [-0.3, -0.25) is 14.5 Å². The van der Waals surface area contributed by atoms with Crippen molar-refractivity contribution in [2.75, 3.05) is 6.61 Å². The van der Waals surface area contributed by atoms with Gasteiger partial charge >= 0.3 is 0 Å². The summed E-state index contributed by atoms with van der Waals surface area (Å²) in [6.45, 7) is 4.98. The third kappa shape index (κ3) is 5.78. The van der Waals surface area contributed by atoms with Crippen molar-refractivity contribution in [1.29, 1.82) is 0 Å². The second kappa shape index (κ2) is 10.7. The van der Waals surface area contributed by atoms with Crippen LogP contribution in [0, 0.1) is 12.7 Å². The summed E-state index contributed by atoms with van der Waals surface area (Å²) in [4.78, 5) is 26.6. The summed E-state index contributed by atoms with van der Waals surface area (Å²) in [5.41, 5.74) is 3.84. The van der Waals surface area contributed by atoms with Gasteiger partial charge < -0.3 is 9.47 Å². The van der Waals surface area contributed by atoms with Crippen LogP contribution in [-0.4, -0.2) is 27.9 Å². The van der Waals surface area contributed by atoms with Crippen molar-refractivity contribution in [2.24, 2.45) is 0 Å². The van der Waals surface area contributed by atoms with Crippen molar-refractivity contribution in [1.82, 2.24) is 4.90 Å². The molecule has 34 heavy (non-hydrogen) atoms. The molecule has 0 saturated carbocycles. The number of ether oxygens (including phenoxy) is 2. The van der Waals surface area contributed by atoms with Crippen molar-refractivity contribution in [3.63, 3.8) is 0 Å². The summed E-state index contributed by atoms with van der Waals surface area (Å²) in [6.07, 6.45) is 0.396. The van der Waals surface area contributed by atoms with Crippen LogP contribution in [-0.2, 0) is 24.4 Å². The molecule has 1 fully saturated rings. The number of hydrogen-bond donors (Lipinski definition) is 0. The van der Waals surface area contributed by atoms with Gasteiger partial charge in [-0.15, -0.1) is 0 Å². The highest BCUT2D eigenvalue weighted by Gasteiger charge is 2.39. The minimum atomic E-state index is -0.512. The minimum Gasteiger partial charge on any atom is -0.490 e. The largest absolute Gasteiger partial charge is 0.490 e. The molecule has 0 aliphatic carbocycles. The number of halogens is 1. The fourth-order valence-electron chi connectivity index (χ4n) is 3.67. The van der Waals surface area contributed by atoms with Gasteiger partial charge in [0.1, 0.15) is 12.4 Å². The van der Waals surface area contributed by atoms with Gasteiger partial charge in [-0.05, 0) is 61.2 Å². The van der Waals surface area contributed by atoms with Crippen LogP contribution in [0.4, 0.5) is 9.18 Å². The molecule has 176 valence electrons. The molecule has 0 bridgehead atoms. The van der Waals surface area contributed by atoms with Gasteiger partial charge in [0.25, 0.3) is 5.24 Å². The van der Waals surface area contributed by atoms with Crippen LogP contribution in [0.15, 0.2) is 66.7 Å². The fraction of sp³-hybridized carbons (Fsp3) is 0.259. The SMILES string of the molecule is CCOc1cc(C[C@@H]2SC(=O)N(Cc3ccc(F)cc3)C2=O)ccc1OCc1ccc(C)cc1. The Hall–Kier alpha value is -3.32. The average molecular weight is 480 g/mol. The van der Waals surface area contributed by atoms with E-state index in [1.54, 1.807) is 12.1 Å². The zero-order chi connectivity index (χ0) is 24.1. The number of nitrogens with zero attached hydrogens (tertiary/aromatic N) is 1. The number of benzene rings is 3. The molecule has 5 nitrogen and oxygen atoms in total. The van der Waals surface area contributed by atoms with Gasteiger partial charge in [0.2, 0.25) is 5.91 Å². The van der Waals surface area contributed by atoms with Gasteiger partial charge in [-0.1, -0.05) is 59.8 Å². The number of aryl methyl sites for hydroxylation is 1. The molecule has 0 unspecified atom stereocenters. The molecule has 0 radical (unpaired) electrons. The zero-order valence-electron chi connectivity index (χ0n) is 19.1. The highest BCUT2D eigenvalue weighted by molar-refractivity contribution is 8.15. The molecule has 0 N–H and O–H groups in total. The molecule has 1 atom stereocenters. The smallest absolute Gasteiger partial charge is 0.289 e. The summed E-state index contributed by atoms with van der Waals surface area (Å²) in [7, 11) is 0. The van der Waals surface area contributed by atoms with E-state index in [0.29, 0.717) is 36.7 Å². The molecule has 4 rings (SSSR count). The van der Waals surface area contributed by atoms with E-state index in [1.807, 2.05) is 56.3 Å². The lowest BCUT2D eigenvalue weighted by Gasteiger charge is -2.15. The van der Waals surface area contributed by atoms with Gasteiger partial charge in [0.15, 0.2) is 11.5 Å². The average Bonchev–Trinajstić information content (AvgIpc) is 3.08. The van der Waals surface area contributed by atoms with E-state index in [1.165, 1.54) is 22.6 Å². The first-order valence-corrected chi connectivity index (χ1v) is 12.0. The highest BCUT2D eigenvalue weighted by Crippen LogP contribution is 2.34. The fourth-order valence-corrected chi connectivity index (χ4v) is 4.70. The predicted molar refractivity (Wildman–Crippen MR) is 131 cm³/mol. The lowest BCUT2D eigenvalue weighted by atomic mass is 10.1. The lowest BCUT2D eigenvalue weighted by molar-refractivity contribution is -0.127. The summed E-state index contributed by atoms with van der Waals surface area (Å²) in [5, 5.41) is -0.802. The van der Waals surface area contributed by atoms with Crippen molar-refractivity contribution in [2.45, 2.75) is 38.7 Å². The van der Waals surface area contributed by atoms with E-state index in [-0.39, 0.29) is 23.5 Å². The van der Waals surface area contributed by atoms with Gasteiger partial charge in [0.05, 0.1) is 18.4 Å². The van der Waals surface area contributed by atoms with Gasteiger partial charge in [0, 0.05) is 0 Å². The van der Waals surface area contributed by atoms with Crippen LogP contribution in [0.2, 0.25) is 0 Å². The van der Waals surface area contributed by atoms with E-state index in [4.69, 9.17) is 9.47 Å². The first-order valence-electron chi connectivity index (χ1n) is 11.1. The number of amides is 2. The number of thioether (sulfide) groups is 1. The highest BCUT2D eigenvalue weighted by atomic mass is 32.2. The quantitative estimate of drug-likeness (QED) is 0.381. The van der Waals surface area contributed by atoms with E-state index in [9.17, 15) is 14.0 Å². The molecular weight excluding hydrogens is 453 g/mol. The topological polar surface area (TPSA) is 55.8 Å². The van der Waals surface area contributed by atoms with Crippen LogP contribution in [0.1, 0.15) is 29.2 Å². The maximum Gasteiger partial charge on any atom is 0.289 e. The molecule has 3 aromatic rings. The van der Waals surface area contributed by atoms with Crippen LogP contribution in [0.25, 0.3) is 0 Å². The standard InChI is InChI=1S/C27H26FNO4S/c1-3-32-24-14-21(10-13-23(24)33-17-20-6-4-18(2)5-7-20)15-25-26(30)29(27(31)34-25)16-19-8-11-22(28)12-9-19/h4-14,25H,3,15-17H2,1-2H3/t25-/m0/s1. The maximum atomic E-state index is 13.2. The van der Waals surface area contributed by atoms with Crippen molar-refractivity contribution in [3.8, 4) is 11.5 Å². The summed E-state index contributed by atoms with van der Waals surface area (Å²) in [6, 6.07) is 19.6. The Labute approximate surface area is 202 Å². The Kier molecular flexibility index (Phi) is 7.53. The summed E-state index contributed by atoms with van der Waals surface area (Å²) >= 11 is 1.02. The Balaban J connectivity index is 1.42. The molecular formula is C27H26FNO4S. The number of carbonyl (C=O) groups is 2. The Morgan fingerprint density at radius 1 is 0.882 bits per heavy atom. The van der Waals surface area contributed by atoms with E-state index in [0.717, 1.165) is 22.9 Å². The third-order valence-electron chi connectivity index (χ3n) is 5.50. The van der Waals surface area contributed by atoms with E-state index in [2.05, 4.69) is 0 Å². The Bertz CT molecular complexity index is 1160. The van der Waals surface area contributed by atoms with Crippen LogP contribution in [0.5, 0.6) is 11.5 Å². The molecule has 1 aliphatic heterocycles. The Morgan fingerprint density at radius 3 is 2.26 bits per heavy atom. The number of carbonyl (C=O) groups excluding carboxylic acids is 2. The molecule has 2 amide bonds. The minimum absolute atomic E-state index is 0.136. The molecule has 0 aromatic heterocycles. The van der Waals surface area contributed by atoms with Crippen molar-refractivity contribution >= 4 is 22.9 Å². The number of rotatable bonds is 9. The van der Waals surface area contributed by atoms with E-state index >= 15 is 0 Å². The molecule has 3 aromatic carbocycles. The number of hydrogen-bond acceptors (Lipinski definition) is 5. The van der Waals surface area contributed by atoms with Crippen LogP contribution >= 0.6 is 11.8 Å². The van der Waals surface area contributed by atoms with Crippen LogP contribution < -0.4 is 9.47 Å². The van der Waals surface area contributed by atoms with E-state index < -0.39 is 5.25 Å². The zero-order valence-corrected chi connectivity index (χ0v) is 19.9. The lowest BCUT2D eigenvalue weighted by Crippen LogP contribution is -2.31. The first kappa shape index (κ1) is 23.8. The normalized spacial score (nSPS) is 15.6. The first-order chi connectivity index (χ1) is 16.4. The summed E-state index contributed by atoms with van der Waals surface area (Å²) in [5.74, 6) is 0.645. The molecule has 7 heteroatoms. The summed E-state index contributed by atoms with van der Waals surface area (Å²) < 4.78 is 24.9. The molecule has 1 saturated heterocycles. The second-order valence-corrected chi connectivity index (χ2v) is 9.27. The third-order valence-corrected chi connectivity index (χ3v) is 6.58. The maximum absolute atomic E-state index is 13.2. The molecule has 1 aliphatic rings. The van der Waals surface area contributed by atoms with Gasteiger partial charge in [-0.2, -0.15) is 0 Å². The predicted octanol–water partition coefficient (Wildman–Crippen LogP) is 5.92. The monoisotopic (exact) mass is 479 g/mol. The Morgan fingerprint density at radius 2 is 1.56 bits per heavy atom. The molecule has 1 heterocycles. The van der Waals surface area contributed by atoms with Crippen molar-refractivity contribution in [3.05, 3.63) is 94.8 Å². The number of imide groups is 1. The van der Waals surface area contributed by atoms with Gasteiger partial charge in [-0.25, -0.2) is 4.39 Å². The second-order valence-electron chi connectivity index (χ2n) is 8.12. The molecule has 0 spiro atoms. The van der Waals surface area contributed by atoms with Crippen molar-refractivity contribution < 1.29 is 23.5 Å². The van der Waals surface area contributed by atoms with Crippen LogP contribution in [0.3, 0.4) is 0 Å².